The van der Waals surface area contributed by atoms with Crippen molar-refractivity contribution in [2.75, 3.05) is 9.80 Å². The molecule has 0 saturated carbocycles. The highest BCUT2D eigenvalue weighted by molar-refractivity contribution is 5.93. The van der Waals surface area contributed by atoms with E-state index in [0.29, 0.717) is 0 Å². The summed E-state index contributed by atoms with van der Waals surface area (Å²) in [5, 5.41) is 2.32. The van der Waals surface area contributed by atoms with Gasteiger partial charge in [0.15, 0.2) is 0 Å². The fraction of sp³-hybridized carbons (Fsp3) is 0. The van der Waals surface area contributed by atoms with Gasteiger partial charge in [-0.2, -0.15) is 0 Å². The normalized spacial score (nSPS) is 11.3. The Labute approximate surface area is 488 Å². The van der Waals surface area contributed by atoms with E-state index >= 15 is 0 Å². The van der Waals surface area contributed by atoms with E-state index in [2.05, 4.69) is 340 Å². The second kappa shape index (κ2) is 21.6. The average Bonchev–Trinajstić information content (AvgIpc) is 2.80. The molecule has 0 atom stereocenters. The molecule has 13 aromatic carbocycles. The molecule has 0 bridgehead atoms. The SMILES string of the molecule is c1ccc(-c2ccc(N(c3ccc(-c4ccc5cc(N(c6ccc(-c7ccccc7)cc6)c6ccc(-c7nc8ccccc8n7-c7ccccc7)cc6)ccc5c4)cc3)c3ccc(-c4nc5ccccc5n4-c4ccccc4)cc3)cc2)cc1. The average molecular weight is 1080 g/mol. The van der Waals surface area contributed by atoms with Gasteiger partial charge in [-0.05, 0) is 196 Å². The summed E-state index contributed by atoms with van der Waals surface area (Å²) in [4.78, 5) is 15.0. The Hall–Kier alpha value is -11.3. The molecule has 6 heteroatoms. The Morgan fingerprint density at radius 1 is 0.214 bits per heavy atom. The third kappa shape index (κ3) is 9.43. The van der Waals surface area contributed by atoms with Crippen LogP contribution in [0.25, 0.3) is 100 Å². The number of anilines is 6. The molecule has 15 rings (SSSR count). The highest BCUT2D eigenvalue weighted by atomic mass is 15.2. The van der Waals surface area contributed by atoms with Crippen molar-refractivity contribution in [3.63, 3.8) is 0 Å². The van der Waals surface area contributed by atoms with Crippen LogP contribution in [0, 0.1) is 0 Å². The predicted molar refractivity (Wildman–Crippen MR) is 350 cm³/mol. The second-order valence-corrected chi connectivity index (χ2v) is 21.1. The minimum atomic E-state index is 0.901. The van der Waals surface area contributed by atoms with Crippen LogP contribution in [0.4, 0.5) is 34.1 Å². The van der Waals surface area contributed by atoms with E-state index < -0.39 is 0 Å². The lowest BCUT2D eigenvalue weighted by atomic mass is 9.99. The van der Waals surface area contributed by atoms with E-state index in [1.54, 1.807) is 0 Å². The van der Waals surface area contributed by atoms with Crippen molar-refractivity contribution in [1.82, 2.24) is 19.1 Å². The Morgan fingerprint density at radius 3 is 0.917 bits per heavy atom. The second-order valence-electron chi connectivity index (χ2n) is 21.1. The van der Waals surface area contributed by atoms with Crippen LogP contribution in [0.5, 0.6) is 0 Å². The van der Waals surface area contributed by atoms with E-state index in [1.165, 1.54) is 22.3 Å². The number of aromatic nitrogens is 4. The third-order valence-corrected chi connectivity index (χ3v) is 15.9. The molecule has 0 fully saturated rings. The van der Waals surface area contributed by atoms with E-state index in [1.807, 2.05) is 6.07 Å². The number of rotatable bonds is 13. The van der Waals surface area contributed by atoms with Gasteiger partial charge in [0.1, 0.15) is 11.6 Å². The Kier molecular flexibility index (Phi) is 12.8. The molecule has 0 amide bonds. The van der Waals surface area contributed by atoms with Crippen LogP contribution in [0.1, 0.15) is 0 Å². The Balaban J connectivity index is 0.758. The summed E-state index contributed by atoms with van der Waals surface area (Å²) in [5.74, 6) is 1.80. The van der Waals surface area contributed by atoms with Crippen LogP contribution in [-0.4, -0.2) is 19.1 Å². The fourth-order valence-electron chi connectivity index (χ4n) is 11.8. The van der Waals surface area contributed by atoms with Crippen molar-refractivity contribution in [3.05, 3.63) is 328 Å². The number of benzene rings is 13. The molecule has 2 heterocycles. The van der Waals surface area contributed by atoms with Crippen LogP contribution in [0.15, 0.2) is 328 Å². The fourth-order valence-corrected chi connectivity index (χ4v) is 11.8. The monoisotopic (exact) mass is 1070 g/mol. The molecule has 0 aliphatic carbocycles. The first-order valence-electron chi connectivity index (χ1n) is 28.5. The van der Waals surface area contributed by atoms with Crippen LogP contribution in [0.3, 0.4) is 0 Å². The summed E-state index contributed by atoms with van der Waals surface area (Å²) in [6.45, 7) is 0. The molecule has 0 radical (unpaired) electrons. The Bertz CT molecular complexity index is 4770. The standard InChI is InChI=1S/C78H54N6/c1-5-17-55(18-6-1)57-31-42-67(43-32-57)81(69-48-37-60(38-49-69)77-79-73-25-13-15-27-75(73)83(77)65-21-9-3-10-22-65)68-46-35-59(36-47-68)62-29-30-64-54-72(52-41-63(64)53-62)82(70-44-33-58(34-45-70)56-19-7-2-8-20-56)71-50-39-61(40-51-71)78-80-74-26-14-16-28-76(74)84(78)66-23-11-4-12-24-66/h1-54H. The number of fused-ring (bicyclic) bond motifs is 3. The molecular formula is C78H54N6. The van der Waals surface area contributed by atoms with Crippen LogP contribution >= 0.6 is 0 Å². The zero-order valence-electron chi connectivity index (χ0n) is 45.9. The van der Waals surface area contributed by atoms with Gasteiger partial charge in [0, 0.05) is 56.6 Å². The highest BCUT2D eigenvalue weighted by Gasteiger charge is 2.20. The molecule has 396 valence electrons. The van der Waals surface area contributed by atoms with Gasteiger partial charge in [-0.15, -0.1) is 0 Å². The first-order chi connectivity index (χ1) is 41.6. The minimum absolute atomic E-state index is 0.901. The van der Waals surface area contributed by atoms with E-state index in [4.69, 9.17) is 9.97 Å². The first-order valence-corrected chi connectivity index (χ1v) is 28.5. The van der Waals surface area contributed by atoms with Crippen molar-refractivity contribution >= 4 is 67.0 Å². The number of hydrogen-bond donors (Lipinski definition) is 0. The van der Waals surface area contributed by atoms with Gasteiger partial charge in [0.25, 0.3) is 0 Å². The van der Waals surface area contributed by atoms with Crippen LogP contribution in [-0.2, 0) is 0 Å². The maximum Gasteiger partial charge on any atom is 0.145 e. The number of para-hydroxylation sites is 6. The largest absolute Gasteiger partial charge is 0.311 e. The quantitative estimate of drug-likeness (QED) is 0.115. The first kappa shape index (κ1) is 49.7. The summed E-state index contributed by atoms with van der Waals surface area (Å²) in [6.07, 6.45) is 0. The topological polar surface area (TPSA) is 42.1 Å². The van der Waals surface area contributed by atoms with Crippen molar-refractivity contribution in [2.45, 2.75) is 0 Å². The van der Waals surface area contributed by atoms with Crippen molar-refractivity contribution in [1.29, 1.82) is 0 Å². The zero-order chi connectivity index (χ0) is 55.8. The molecular weight excluding hydrogens is 1020 g/mol. The summed E-state index contributed by atoms with van der Waals surface area (Å²) >= 11 is 0. The summed E-state index contributed by atoms with van der Waals surface area (Å²) in [5.41, 5.74) is 21.6. The highest BCUT2D eigenvalue weighted by Crippen LogP contribution is 2.42. The smallest absolute Gasteiger partial charge is 0.145 e. The molecule has 6 nitrogen and oxygen atoms in total. The summed E-state index contributed by atoms with van der Waals surface area (Å²) in [7, 11) is 0. The molecule has 0 spiro atoms. The van der Waals surface area contributed by atoms with Crippen molar-refractivity contribution in [2.24, 2.45) is 0 Å². The third-order valence-electron chi connectivity index (χ3n) is 15.9. The van der Waals surface area contributed by atoms with Crippen molar-refractivity contribution in [3.8, 4) is 67.5 Å². The lowest BCUT2D eigenvalue weighted by Gasteiger charge is -2.26. The van der Waals surface area contributed by atoms with E-state index in [-0.39, 0.29) is 0 Å². The van der Waals surface area contributed by atoms with Crippen LogP contribution < -0.4 is 9.80 Å². The molecule has 84 heavy (non-hydrogen) atoms. The molecule has 0 unspecified atom stereocenters. The lowest BCUT2D eigenvalue weighted by molar-refractivity contribution is 1.10. The van der Waals surface area contributed by atoms with Gasteiger partial charge in [-0.3, -0.25) is 9.13 Å². The van der Waals surface area contributed by atoms with Gasteiger partial charge in [0.2, 0.25) is 0 Å². The molecule has 0 aliphatic heterocycles. The lowest BCUT2D eigenvalue weighted by Crippen LogP contribution is -2.10. The van der Waals surface area contributed by atoms with E-state index in [0.717, 1.165) is 112 Å². The Morgan fingerprint density at radius 2 is 0.500 bits per heavy atom. The zero-order valence-corrected chi connectivity index (χ0v) is 45.9. The summed E-state index contributed by atoms with van der Waals surface area (Å²) in [6, 6.07) is 117. The molecule has 0 N–H and O–H groups in total. The van der Waals surface area contributed by atoms with Gasteiger partial charge in [-0.1, -0.05) is 176 Å². The minimum Gasteiger partial charge on any atom is -0.311 e. The molecule has 0 saturated heterocycles. The number of imidazole rings is 2. The van der Waals surface area contributed by atoms with Gasteiger partial charge < -0.3 is 9.80 Å². The van der Waals surface area contributed by atoms with Crippen molar-refractivity contribution < 1.29 is 0 Å². The van der Waals surface area contributed by atoms with E-state index in [9.17, 15) is 0 Å². The predicted octanol–water partition coefficient (Wildman–Crippen LogP) is 20.8. The number of nitrogens with zero attached hydrogens (tertiary/aromatic N) is 6. The summed E-state index contributed by atoms with van der Waals surface area (Å²) < 4.78 is 4.50. The number of hydrogen-bond acceptors (Lipinski definition) is 4. The van der Waals surface area contributed by atoms with Gasteiger partial charge >= 0.3 is 0 Å². The molecule has 15 aromatic rings. The molecule has 2 aromatic heterocycles. The van der Waals surface area contributed by atoms with Gasteiger partial charge in [0.05, 0.1) is 22.1 Å². The van der Waals surface area contributed by atoms with Gasteiger partial charge in [-0.25, -0.2) is 9.97 Å². The van der Waals surface area contributed by atoms with Crippen LogP contribution in [0.2, 0.25) is 0 Å². The maximum atomic E-state index is 5.17. The molecule has 0 aliphatic rings. The maximum absolute atomic E-state index is 5.17.